The van der Waals surface area contributed by atoms with E-state index in [0.29, 0.717) is 19.4 Å². The maximum atomic E-state index is 13.7. The van der Waals surface area contributed by atoms with E-state index < -0.39 is 17.6 Å². The molecule has 2 aromatic rings. The van der Waals surface area contributed by atoms with Gasteiger partial charge in [-0.05, 0) is 43.4 Å². The van der Waals surface area contributed by atoms with Crippen LogP contribution >= 0.6 is 11.3 Å². The Balaban J connectivity index is 2.23. The van der Waals surface area contributed by atoms with Gasteiger partial charge < -0.3 is 25.6 Å². The lowest BCUT2D eigenvalue weighted by atomic mass is 10.0. The molecule has 0 saturated heterocycles. The van der Waals surface area contributed by atoms with Gasteiger partial charge in [0.25, 0.3) is 0 Å². The van der Waals surface area contributed by atoms with Crippen LogP contribution in [0.5, 0.6) is 0 Å². The lowest BCUT2D eigenvalue weighted by Crippen LogP contribution is -2.56. The fraction of sp³-hybridized carbons (Fsp3) is 0.444. The second-order valence-corrected chi connectivity index (χ2v) is 10.5. The summed E-state index contributed by atoms with van der Waals surface area (Å²) in [5.41, 5.74) is 6.51. The Morgan fingerprint density at radius 1 is 1.08 bits per heavy atom. The molecule has 3 amide bonds. The first-order valence-electron chi connectivity index (χ1n) is 11.9. The van der Waals surface area contributed by atoms with Crippen molar-refractivity contribution in [2.45, 2.75) is 50.9 Å². The fourth-order valence-electron chi connectivity index (χ4n) is 3.53. The molecule has 3 N–H and O–H groups in total. The minimum atomic E-state index is -0.919. The number of ether oxygens (including phenoxy) is 1. The number of amides is 3. The summed E-state index contributed by atoms with van der Waals surface area (Å²) in [4.78, 5) is 43.1. The summed E-state index contributed by atoms with van der Waals surface area (Å²) in [5, 5.41) is 4.58. The Morgan fingerprint density at radius 3 is 2.36 bits per heavy atom. The zero-order chi connectivity index (χ0) is 26.7. The van der Waals surface area contributed by atoms with Crippen LogP contribution in [0.4, 0.5) is 0 Å². The zero-order valence-electron chi connectivity index (χ0n) is 21.8. The van der Waals surface area contributed by atoms with Gasteiger partial charge >= 0.3 is 0 Å². The van der Waals surface area contributed by atoms with Gasteiger partial charge in [-0.25, -0.2) is 0 Å². The normalized spacial score (nSPS) is 13.3. The number of nitrogens with two attached hydrogens (primary N) is 1. The molecule has 9 heteroatoms. The van der Waals surface area contributed by atoms with E-state index in [1.165, 1.54) is 27.2 Å². The molecule has 1 heterocycles. The molecule has 0 aliphatic heterocycles. The minimum Gasteiger partial charge on any atom is -0.374 e. The van der Waals surface area contributed by atoms with Gasteiger partial charge in [0, 0.05) is 38.0 Å². The van der Waals surface area contributed by atoms with E-state index in [1.807, 2.05) is 61.7 Å². The predicted octanol–water partition coefficient (Wildman–Crippen LogP) is 2.59. The van der Waals surface area contributed by atoms with E-state index in [0.717, 1.165) is 10.4 Å². The highest BCUT2D eigenvalue weighted by atomic mass is 32.1. The molecule has 8 nitrogen and oxygen atoms in total. The number of thiophene rings is 1. The van der Waals surface area contributed by atoms with Crippen molar-refractivity contribution in [1.29, 1.82) is 0 Å². The van der Waals surface area contributed by atoms with Crippen LogP contribution in [0.25, 0.3) is 0 Å². The number of rotatable bonds is 13. The van der Waals surface area contributed by atoms with Crippen molar-refractivity contribution < 1.29 is 19.1 Å². The summed E-state index contributed by atoms with van der Waals surface area (Å²) in [7, 11) is 4.70. The Labute approximate surface area is 218 Å². The van der Waals surface area contributed by atoms with Crippen LogP contribution in [0.15, 0.2) is 60.0 Å². The molecule has 0 aliphatic carbocycles. The summed E-state index contributed by atoms with van der Waals surface area (Å²) in [6.07, 6.45) is 4.02. The summed E-state index contributed by atoms with van der Waals surface area (Å²) >= 11 is 1.52. The topological polar surface area (TPSA) is 105 Å². The third-order valence-electron chi connectivity index (χ3n) is 5.73. The average Bonchev–Trinajstić information content (AvgIpc) is 3.36. The van der Waals surface area contributed by atoms with E-state index in [9.17, 15) is 14.4 Å². The summed E-state index contributed by atoms with van der Waals surface area (Å²) < 4.78 is 5.87. The standard InChI is InChI=1S/C27H38N4O4S/c1-27(2,28)15-9-14-24(32)30(4)23(19-35-18-20-11-7-6-8-12-20)26(34)31(5)22(25(33)29-3)17-21-13-10-16-36-21/h6-14,16,22-23H,15,17-19,28H2,1-5H3,(H,29,33)/b14-9+/t22-,23-/m1/s1. The zero-order valence-corrected chi connectivity index (χ0v) is 22.6. The van der Waals surface area contributed by atoms with E-state index in [4.69, 9.17) is 10.5 Å². The van der Waals surface area contributed by atoms with Gasteiger partial charge in [-0.3, -0.25) is 14.4 Å². The first-order valence-corrected chi connectivity index (χ1v) is 12.8. The first kappa shape index (κ1) is 29.2. The highest BCUT2D eigenvalue weighted by molar-refractivity contribution is 7.09. The van der Waals surface area contributed by atoms with Crippen LogP contribution < -0.4 is 11.1 Å². The molecule has 2 atom stereocenters. The lowest BCUT2D eigenvalue weighted by Gasteiger charge is -2.33. The number of carbonyl (C=O) groups is 3. The second-order valence-electron chi connectivity index (χ2n) is 9.42. The molecule has 0 spiro atoms. The van der Waals surface area contributed by atoms with Crippen molar-refractivity contribution in [3.8, 4) is 0 Å². The van der Waals surface area contributed by atoms with Gasteiger partial charge in [-0.2, -0.15) is 0 Å². The number of carbonyl (C=O) groups excluding carboxylic acids is 3. The smallest absolute Gasteiger partial charge is 0.248 e. The quantitative estimate of drug-likeness (QED) is 0.400. The molecule has 36 heavy (non-hydrogen) atoms. The van der Waals surface area contributed by atoms with Crippen molar-refractivity contribution in [3.63, 3.8) is 0 Å². The Kier molecular flexibility index (Phi) is 11.3. The Bertz CT molecular complexity index is 1000. The number of nitrogens with zero attached hydrogens (tertiary/aromatic N) is 2. The first-order chi connectivity index (χ1) is 17.0. The molecule has 1 aromatic heterocycles. The number of nitrogens with one attached hydrogen (secondary N) is 1. The molecule has 2 rings (SSSR count). The monoisotopic (exact) mass is 514 g/mol. The molecule has 1 aromatic carbocycles. The van der Waals surface area contributed by atoms with E-state index in [2.05, 4.69) is 5.32 Å². The second kappa shape index (κ2) is 13.9. The fourth-order valence-corrected chi connectivity index (χ4v) is 4.27. The van der Waals surface area contributed by atoms with E-state index >= 15 is 0 Å². The van der Waals surface area contributed by atoms with Gasteiger partial charge in [0.15, 0.2) is 0 Å². The summed E-state index contributed by atoms with van der Waals surface area (Å²) in [5.74, 6) is -0.997. The summed E-state index contributed by atoms with van der Waals surface area (Å²) in [6, 6.07) is 11.8. The predicted molar refractivity (Wildman–Crippen MR) is 143 cm³/mol. The molecule has 0 saturated carbocycles. The van der Waals surface area contributed by atoms with Gasteiger partial charge in [0.2, 0.25) is 17.7 Å². The largest absolute Gasteiger partial charge is 0.374 e. The molecule has 196 valence electrons. The molecule has 0 unspecified atom stereocenters. The third kappa shape index (κ3) is 9.22. The van der Waals surface area contributed by atoms with Gasteiger partial charge in [-0.1, -0.05) is 42.5 Å². The van der Waals surface area contributed by atoms with Crippen LogP contribution in [-0.2, 0) is 32.1 Å². The maximum absolute atomic E-state index is 13.7. The molecule has 0 bridgehead atoms. The van der Waals surface area contributed by atoms with Crippen LogP contribution in [0.1, 0.15) is 30.7 Å². The van der Waals surface area contributed by atoms with Crippen molar-refractivity contribution >= 4 is 29.1 Å². The molecule has 0 radical (unpaired) electrons. The minimum absolute atomic E-state index is 0.0179. The number of benzene rings is 1. The van der Waals surface area contributed by atoms with Crippen molar-refractivity contribution in [1.82, 2.24) is 15.1 Å². The van der Waals surface area contributed by atoms with Crippen LogP contribution in [0, 0.1) is 0 Å². The van der Waals surface area contributed by atoms with Crippen LogP contribution in [0.2, 0.25) is 0 Å². The van der Waals surface area contributed by atoms with E-state index in [1.54, 1.807) is 27.2 Å². The number of likely N-dealkylation sites (N-methyl/N-ethyl adjacent to an activating group) is 3. The highest BCUT2D eigenvalue weighted by Crippen LogP contribution is 2.16. The lowest BCUT2D eigenvalue weighted by molar-refractivity contribution is -0.148. The molecular formula is C27H38N4O4S. The van der Waals surface area contributed by atoms with E-state index in [-0.39, 0.29) is 24.3 Å². The third-order valence-corrected chi connectivity index (χ3v) is 6.63. The average molecular weight is 515 g/mol. The van der Waals surface area contributed by atoms with Crippen LogP contribution in [0.3, 0.4) is 0 Å². The van der Waals surface area contributed by atoms with Crippen molar-refractivity contribution in [2.24, 2.45) is 5.73 Å². The van der Waals surface area contributed by atoms with Gasteiger partial charge in [0.05, 0.1) is 13.2 Å². The highest BCUT2D eigenvalue weighted by Gasteiger charge is 2.34. The van der Waals surface area contributed by atoms with Crippen molar-refractivity contribution in [2.75, 3.05) is 27.7 Å². The van der Waals surface area contributed by atoms with Gasteiger partial charge in [0.1, 0.15) is 12.1 Å². The Hall–Kier alpha value is -3.01. The summed E-state index contributed by atoms with van der Waals surface area (Å²) in [6.45, 7) is 4.02. The van der Waals surface area contributed by atoms with Gasteiger partial charge in [-0.15, -0.1) is 11.3 Å². The molecule has 0 aliphatic rings. The molecule has 0 fully saturated rings. The number of hydrogen-bond donors (Lipinski definition) is 2. The van der Waals surface area contributed by atoms with Crippen molar-refractivity contribution in [3.05, 3.63) is 70.4 Å². The number of hydrogen-bond acceptors (Lipinski definition) is 6. The van der Waals surface area contributed by atoms with Crippen LogP contribution in [-0.4, -0.2) is 72.9 Å². The molecular weight excluding hydrogens is 476 g/mol. The maximum Gasteiger partial charge on any atom is 0.248 e. The Morgan fingerprint density at radius 2 is 1.78 bits per heavy atom. The SMILES string of the molecule is CNC(=O)[C@@H](Cc1cccs1)N(C)C(=O)[C@@H](COCc1ccccc1)N(C)C(=O)/C=C/CC(C)(C)N.